The number of nitrogens with one attached hydrogen (secondary N) is 1. The first-order chi connectivity index (χ1) is 7.72. The molecule has 0 spiro atoms. The van der Waals surface area contributed by atoms with E-state index in [4.69, 9.17) is 0 Å². The minimum Gasteiger partial charge on any atom is -0.208 e. The molecule has 1 atom stereocenters. The minimum absolute atomic E-state index is 0.0863. The van der Waals surface area contributed by atoms with Gasteiger partial charge in [0.2, 0.25) is 10.0 Å². The summed E-state index contributed by atoms with van der Waals surface area (Å²) in [5.41, 5.74) is 0. The average Bonchev–Trinajstić information content (AvgIpc) is 2.15. The van der Waals surface area contributed by atoms with Gasteiger partial charge < -0.3 is 0 Å². The fraction of sp³-hybridized carbons (Fsp3) is 0.455. The maximum atomic E-state index is 12.9. The van der Waals surface area contributed by atoms with Crippen LogP contribution in [0.5, 0.6) is 0 Å². The van der Waals surface area contributed by atoms with E-state index in [9.17, 15) is 17.2 Å². The van der Waals surface area contributed by atoms with Gasteiger partial charge in [-0.15, -0.1) is 0 Å². The smallest absolute Gasteiger partial charge is 0.208 e. The van der Waals surface area contributed by atoms with Crippen molar-refractivity contribution in [1.29, 1.82) is 0 Å². The van der Waals surface area contributed by atoms with Gasteiger partial charge in [0, 0.05) is 12.1 Å². The van der Waals surface area contributed by atoms with Gasteiger partial charge >= 0.3 is 0 Å². The number of halogens is 2. The Balaban J connectivity index is 3.05. The van der Waals surface area contributed by atoms with Gasteiger partial charge in [0.1, 0.15) is 11.6 Å². The summed E-state index contributed by atoms with van der Waals surface area (Å²) < 4.78 is 51.8. The van der Waals surface area contributed by atoms with Crippen LogP contribution in [-0.4, -0.2) is 14.5 Å². The summed E-state index contributed by atoms with van der Waals surface area (Å²) in [4.78, 5) is -0.400. The highest BCUT2D eigenvalue weighted by molar-refractivity contribution is 7.89. The van der Waals surface area contributed by atoms with Crippen LogP contribution in [0.25, 0.3) is 0 Å². The number of hydrogen-bond acceptors (Lipinski definition) is 2. The Morgan fingerprint density at radius 1 is 1.06 bits per heavy atom. The quantitative estimate of drug-likeness (QED) is 0.906. The van der Waals surface area contributed by atoms with Crippen molar-refractivity contribution < 1.29 is 17.2 Å². The summed E-state index contributed by atoms with van der Waals surface area (Å²) in [6.45, 7) is 5.39. The second-order valence-corrected chi connectivity index (χ2v) is 5.97. The van der Waals surface area contributed by atoms with E-state index in [0.717, 1.165) is 12.1 Å². The Bertz CT molecular complexity index is 480. The van der Waals surface area contributed by atoms with Crippen LogP contribution in [0.1, 0.15) is 20.8 Å². The number of rotatable bonds is 4. The molecule has 0 bridgehead atoms. The molecule has 0 saturated carbocycles. The van der Waals surface area contributed by atoms with E-state index in [1.165, 1.54) is 0 Å². The largest absolute Gasteiger partial charge is 0.241 e. The molecular weight excluding hydrogens is 248 g/mol. The first-order valence-corrected chi connectivity index (χ1v) is 6.69. The van der Waals surface area contributed by atoms with Crippen LogP contribution in [0.15, 0.2) is 23.1 Å². The summed E-state index contributed by atoms with van der Waals surface area (Å²) in [6, 6.07) is 1.90. The zero-order chi connectivity index (χ0) is 13.2. The van der Waals surface area contributed by atoms with E-state index in [-0.39, 0.29) is 12.0 Å². The SMILES string of the molecule is CC(C)C(C)NS(=O)(=O)c1cc(F)cc(F)c1. The molecule has 1 aromatic rings. The van der Waals surface area contributed by atoms with Crippen LogP contribution < -0.4 is 4.72 Å². The molecule has 1 unspecified atom stereocenters. The standard InChI is InChI=1S/C11H15F2NO2S/c1-7(2)8(3)14-17(15,16)11-5-9(12)4-10(13)6-11/h4-8,14H,1-3H3. The normalized spacial score (nSPS) is 14.0. The molecule has 6 heteroatoms. The molecule has 0 radical (unpaired) electrons. The third-order valence-electron chi connectivity index (χ3n) is 2.49. The second kappa shape index (κ2) is 5.10. The zero-order valence-corrected chi connectivity index (χ0v) is 10.7. The zero-order valence-electron chi connectivity index (χ0n) is 9.87. The Morgan fingerprint density at radius 3 is 1.94 bits per heavy atom. The first-order valence-electron chi connectivity index (χ1n) is 5.21. The van der Waals surface area contributed by atoms with Gasteiger partial charge in [-0.05, 0) is 25.0 Å². The van der Waals surface area contributed by atoms with Gasteiger partial charge in [-0.3, -0.25) is 0 Å². The molecule has 0 aromatic heterocycles. The van der Waals surface area contributed by atoms with Crippen molar-refractivity contribution in [3.63, 3.8) is 0 Å². The van der Waals surface area contributed by atoms with Crippen molar-refractivity contribution in [2.24, 2.45) is 5.92 Å². The maximum Gasteiger partial charge on any atom is 0.241 e. The van der Waals surface area contributed by atoms with Gasteiger partial charge in [-0.25, -0.2) is 21.9 Å². The van der Waals surface area contributed by atoms with E-state index in [2.05, 4.69) is 4.72 Å². The van der Waals surface area contributed by atoms with Crippen LogP contribution in [0.2, 0.25) is 0 Å². The lowest BCUT2D eigenvalue weighted by atomic mass is 10.1. The fourth-order valence-electron chi connectivity index (χ4n) is 1.13. The van der Waals surface area contributed by atoms with E-state index >= 15 is 0 Å². The second-order valence-electron chi connectivity index (χ2n) is 4.26. The molecule has 0 heterocycles. The number of sulfonamides is 1. The van der Waals surface area contributed by atoms with Crippen LogP contribution in [0.3, 0.4) is 0 Å². The van der Waals surface area contributed by atoms with Crippen LogP contribution in [0.4, 0.5) is 8.78 Å². The van der Waals surface area contributed by atoms with Crippen molar-refractivity contribution in [3.8, 4) is 0 Å². The highest BCUT2D eigenvalue weighted by atomic mass is 32.2. The van der Waals surface area contributed by atoms with Crippen molar-refractivity contribution >= 4 is 10.0 Å². The highest BCUT2D eigenvalue weighted by Crippen LogP contribution is 2.15. The maximum absolute atomic E-state index is 12.9. The molecule has 3 nitrogen and oxygen atoms in total. The lowest BCUT2D eigenvalue weighted by Crippen LogP contribution is -2.36. The monoisotopic (exact) mass is 263 g/mol. The molecular formula is C11H15F2NO2S. The van der Waals surface area contributed by atoms with E-state index in [0.29, 0.717) is 6.07 Å². The third-order valence-corrected chi connectivity index (χ3v) is 4.03. The van der Waals surface area contributed by atoms with Crippen molar-refractivity contribution in [2.75, 3.05) is 0 Å². The predicted octanol–water partition coefficient (Wildman–Crippen LogP) is 2.29. The van der Waals surface area contributed by atoms with Gasteiger partial charge in [-0.1, -0.05) is 13.8 Å². The Kier molecular flexibility index (Phi) is 4.21. The van der Waals surface area contributed by atoms with E-state index in [1.54, 1.807) is 6.92 Å². The lowest BCUT2D eigenvalue weighted by Gasteiger charge is -2.17. The topological polar surface area (TPSA) is 46.2 Å². The first kappa shape index (κ1) is 14.1. The highest BCUT2D eigenvalue weighted by Gasteiger charge is 2.20. The summed E-state index contributed by atoms with van der Waals surface area (Å²) in [5.74, 6) is -1.74. The molecule has 0 amide bonds. The predicted molar refractivity (Wildman–Crippen MR) is 61.0 cm³/mol. The molecule has 1 aromatic carbocycles. The molecule has 0 saturated heterocycles. The molecule has 96 valence electrons. The van der Waals surface area contributed by atoms with Crippen LogP contribution in [-0.2, 0) is 10.0 Å². The summed E-state index contributed by atoms with van der Waals surface area (Å²) in [6.07, 6.45) is 0. The molecule has 0 aliphatic carbocycles. The molecule has 0 aliphatic heterocycles. The fourth-order valence-corrected chi connectivity index (χ4v) is 2.57. The molecule has 1 N–H and O–H groups in total. The minimum atomic E-state index is -3.88. The van der Waals surface area contributed by atoms with Gasteiger partial charge in [0.15, 0.2) is 0 Å². The number of hydrogen-bond donors (Lipinski definition) is 1. The Labute approximate surface area is 99.9 Å². The van der Waals surface area contributed by atoms with Crippen LogP contribution in [0, 0.1) is 17.6 Å². The van der Waals surface area contributed by atoms with Crippen LogP contribution >= 0.6 is 0 Å². The molecule has 0 aliphatic rings. The van der Waals surface area contributed by atoms with Gasteiger partial charge in [0.25, 0.3) is 0 Å². The van der Waals surface area contributed by atoms with Gasteiger partial charge in [0.05, 0.1) is 4.90 Å². The Hall–Kier alpha value is -1.01. The molecule has 0 fully saturated rings. The van der Waals surface area contributed by atoms with Crippen molar-refractivity contribution in [3.05, 3.63) is 29.8 Å². The van der Waals surface area contributed by atoms with E-state index < -0.39 is 26.6 Å². The van der Waals surface area contributed by atoms with E-state index in [1.807, 2.05) is 13.8 Å². The lowest BCUT2D eigenvalue weighted by molar-refractivity contribution is 0.475. The summed E-state index contributed by atoms with van der Waals surface area (Å²) in [7, 11) is -3.88. The van der Waals surface area contributed by atoms with Gasteiger partial charge in [-0.2, -0.15) is 0 Å². The van der Waals surface area contributed by atoms with Crippen molar-refractivity contribution in [2.45, 2.75) is 31.7 Å². The number of benzene rings is 1. The average molecular weight is 263 g/mol. The molecule has 17 heavy (non-hydrogen) atoms. The van der Waals surface area contributed by atoms with Crippen molar-refractivity contribution in [1.82, 2.24) is 4.72 Å². The summed E-state index contributed by atoms with van der Waals surface area (Å²) in [5, 5.41) is 0. The third kappa shape index (κ3) is 3.74. The molecule has 1 rings (SSSR count). The Morgan fingerprint density at radius 2 is 1.53 bits per heavy atom. The summed E-state index contributed by atoms with van der Waals surface area (Å²) >= 11 is 0.